The number of ether oxygens (including phenoxy) is 1. The largest absolute Gasteiger partial charge is 0.444 e. The van der Waals surface area contributed by atoms with Crippen molar-refractivity contribution in [3.63, 3.8) is 0 Å². The van der Waals surface area contributed by atoms with E-state index in [-0.39, 0.29) is 11.9 Å². The van der Waals surface area contributed by atoms with E-state index in [0.717, 1.165) is 0 Å². The molecule has 0 aromatic heterocycles. The molecule has 1 fully saturated rings. The van der Waals surface area contributed by atoms with E-state index in [1.54, 1.807) is 19.1 Å². The molecule has 0 bridgehead atoms. The van der Waals surface area contributed by atoms with Crippen LogP contribution in [0.4, 0.5) is 14.9 Å². The second-order valence-electron chi connectivity index (χ2n) is 3.74. The van der Waals surface area contributed by atoms with E-state index >= 15 is 0 Å². The summed E-state index contributed by atoms with van der Waals surface area (Å²) >= 11 is 0. The second kappa shape index (κ2) is 8.51. The molecular formula is C15H24FNO2. The zero-order valence-electron chi connectivity index (χ0n) is 12.7. The SMILES string of the molecule is CC.CC.Cc1ccc(N2CC(C)OC2=O)cc1F. The molecule has 4 heteroatoms. The summed E-state index contributed by atoms with van der Waals surface area (Å²) in [6.07, 6.45) is -0.549. The number of hydrogen-bond acceptors (Lipinski definition) is 2. The van der Waals surface area contributed by atoms with Crippen LogP contribution in [0.5, 0.6) is 0 Å². The molecule has 1 aliphatic heterocycles. The highest BCUT2D eigenvalue weighted by atomic mass is 19.1. The first-order chi connectivity index (χ1) is 9.08. The fourth-order valence-electron chi connectivity index (χ4n) is 1.57. The monoisotopic (exact) mass is 269 g/mol. The van der Waals surface area contributed by atoms with Crippen LogP contribution in [-0.4, -0.2) is 18.7 Å². The van der Waals surface area contributed by atoms with Gasteiger partial charge in [0.25, 0.3) is 0 Å². The molecule has 1 heterocycles. The number of nitrogens with zero attached hydrogens (tertiary/aromatic N) is 1. The van der Waals surface area contributed by atoms with E-state index in [1.165, 1.54) is 11.0 Å². The molecule has 0 saturated carbocycles. The van der Waals surface area contributed by atoms with E-state index in [1.807, 2.05) is 34.6 Å². The van der Waals surface area contributed by atoms with E-state index < -0.39 is 6.09 Å². The molecule has 0 spiro atoms. The predicted molar refractivity (Wildman–Crippen MR) is 77.1 cm³/mol. The van der Waals surface area contributed by atoms with E-state index in [4.69, 9.17) is 4.74 Å². The number of rotatable bonds is 1. The summed E-state index contributed by atoms with van der Waals surface area (Å²) in [6.45, 7) is 12.0. The van der Waals surface area contributed by atoms with Crippen LogP contribution in [0.15, 0.2) is 18.2 Å². The molecule has 0 N–H and O–H groups in total. The molecule has 1 aliphatic rings. The lowest BCUT2D eigenvalue weighted by Crippen LogP contribution is -2.24. The van der Waals surface area contributed by atoms with Gasteiger partial charge in [0.1, 0.15) is 11.9 Å². The third-order valence-corrected chi connectivity index (χ3v) is 2.43. The van der Waals surface area contributed by atoms with Crippen molar-refractivity contribution in [2.24, 2.45) is 0 Å². The summed E-state index contributed by atoms with van der Waals surface area (Å²) in [7, 11) is 0. The average molecular weight is 269 g/mol. The lowest BCUT2D eigenvalue weighted by Gasteiger charge is -2.13. The Bertz CT molecular complexity index is 407. The Hall–Kier alpha value is -1.58. The highest BCUT2D eigenvalue weighted by molar-refractivity contribution is 5.89. The Labute approximate surface area is 115 Å². The summed E-state index contributed by atoms with van der Waals surface area (Å²) in [5.74, 6) is -0.306. The minimum Gasteiger partial charge on any atom is -0.444 e. The van der Waals surface area contributed by atoms with Crippen molar-refractivity contribution in [2.45, 2.75) is 47.6 Å². The summed E-state index contributed by atoms with van der Waals surface area (Å²) in [5.41, 5.74) is 1.12. The molecule has 1 unspecified atom stereocenters. The smallest absolute Gasteiger partial charge is 0.414 e. The van der Waals surface area contributed by atoms with Gasteiger partial charge in [0, 0.05) is 0 Å². The van der Waals surface area contributed by atoms with Crippen molar-refractivity contribution >= 4 is 11.8 Å². The van der Waals surface area contributed by atoms with Gasteiger partial charge in [-0.2, -0.15) is 0 Å². The molecule has 0 aliphatic carbocycles. The molecule has 1 saturated heterocycles. The fourth-order valence-corrected chi connectivity index (χ4v) is 1.57. The van der Waals surface area contributed by atoms with E-state index in [9.17, 15) is 9.18 Å². The molecule has 1 atom stereocenters. The van der Waals surface area contributed by atoms with Crippen LogP contribution in [0.1, 0.15) is 40.2 Å². The Balaban J connectivity index is 0.000000741. The molecule has 108 valence electrons. The Kier molecular flexibility index (Phi) is 7.80. The molecule has 1 aromatic rings. The third kappa shape index (κ3) is 4.54. The third-order valence-electron chi connectivity index (χ3n) is 2.43. The first kappa shape index (κ1) is 17.4. The minimum absolute atomic E-state index is 0.137. The number of carbonyl (C=O) groups is 1. The maximum Gasteiger partial charge on any atom is 0.414 e. The van der Waals surface area contributed by atoms with Crippen LogP contribution in [0, 0.1) is 12.7 Å². The predicted octanol–water partition coefficient (Wildman–Crippen LogP) is 4.53. The fraction of sp³-hybridized carbons (Fsp3) is 0.533. The van der Waals surface area contributed by atoms with Crippen molar-refractivity contribution in [1.29, 1.82) is 0 Å². The maximum atomic E-state index is 13.3. The molecule has 1 amide bonds. The lowest BCUT2D eigenvalue weighted by atomic mass is 10.2. The van der Waals surface area contributed by atoms with Gasteiger partial charge in [-0.15, -0.1) is 0 Å². The Morgan fingerprint density at radius 3 is 2.26 bits per heavy atom. The van der Waals surface area contributed by atoms with Gasteiger partial charge in [-0.25, -0.2) is 9.18 Å². The number of aryl methyl sites for hydroxylation is 1. The molecule has 3 nitrogen and oxygen atoms in total. The van der Waals surface area contributed by atoms with Gasteiger partial charge >= 0.3 is 6.09 Å². The summed E-state index contributed by atoms with van der Waals surface area (Å²) in [5, 5.41) is 0. The molecule has 19 heavy (non-hydrogen) atoms. The quantitative estimate of drug-likeness (QED) is 0.749. The van der Waals surface area contributed by atoms with Crippen LogP contribution >= 0.6 is 0 Å². The summed E-state index contributed by atoms with van der Waals surface area (Å²) < 4.78 is 18.2. The van der Waals surface area contributed by atoms with Gasteiger partial charge in [0.15, 0.2) is 0 Å². The van der Waals surface area contributed by atoms with E-state index in [2.05, 4.69) is 0 Å². The van der Waals surface area contributed by atoms with Crippen molar-refractivity contribution < 1.29 is 13.9 Å². The van der Waals surface area contributed by atoms with Crippen LogP contribution in [0.2, 0.25) is 0 Å². The van der Waals surface area contributed by atoms with Crippen LogP contribution < -0.4 is 4.90 Å². The number of cyclic esters (lactones) is 1. The first-order valence-electron chi connectivity index (χ1n) is 6.82. The molecule has 2 rings (SSSR count). The van der Waals surface area contributed by atoms with Crippen molar-refractivity contribution in [2.75, 3.05) is 11.4 Å². The second-order valence-corrected chi connectivity index (χ2v) is 3.74. The van der Waals surface area contributed by atoms with Crippen molar-refractivity contribution in [1.82, 2.24) is 0 Å². The Morgan fingerprint density at radius 2 is 1.84 bits per heavy atom. The first-order valence-corrected chi connectivity index (χ1v) is 6.82. The number of benzene rings is 1. The number of anilines is 1. The maximum absolute atomic E-state index is 13.3. The zero-order chi connectivity index (χ0) is 15.0. The number of amides is 1. The molecule has 0 radical (unpaired) electrons. The molecular weight excluding hydrogens is 245 g/mol. The van der Waals surface area contributed by atoms with Gasteiger partial charge < -0.3 is 4.74 Å². The van der Waals surface area contributed by atoms with Crippen LogP contribution in [0.25, 0.3) is 0 Å². The van der Waals surface area contributed by atoms with Gasteiger partial charge in [-0.1, -0.05) is 33.8 Å². The Morgan fingerprint density at radius 1 is 1.26 bits per heavy atom. The standard InChI is InChI=1S/C11H12FNO2.2C2H6/c1-7-3-4-9(5-10(7)12)13-6-8(2)15-11(13)14;2*1-2/h3-5,8H,6H2,1-2H3;2*1-2H3. The van der Waals surface area contributed by atoms with Crippen molar-refractivity contribution in [3.8, 4) is 0 Å². The van der Waals surface area contributed by atoms with Gasteiger partial charge in [0.05, 0.1) is 12.2 Å². The highest BCUT2D eigenvalue weighted by Gasteiger charge is 2.29. The number of hydrogen-bond donors (Lipinski definition) is 0. The van der Waals surface area contributed by atoms with E-state index in [0.29, 0.717) is 17.8 Å². The van der Waals surface area contributed by atoms with Gasteiger partial charge in [-0.3, -0.25) is 4.90 Å². The van der Waals surface area contributed by atoms with Crippen molar-refractivity contribution in [3.05, 3.63) is 29.6 Å². The topological polar surface area (TPSA) is 29.5 Å². The zero-order valence-corrected chi connectivity index (χ0v) is 12.7. The van der Waals surface area contributed by atoms with Gasteiger partial charge in [0.2, 0.25) is 0 Å². The minimum atomic E-state index is -0.411. The van der Waals surface area contributed by atoms with Crippen LogP contribution in [-0.2, 0) is 4.74 Å². The molecule has 1 aromatic carbocycles. The summed E-state index contributed by atoms with van der Waals surface area (Å²) in [4.78, 5) is 12.8. The van der Waals surface area contributed by atoms with Crippen LogP contribution in [0.3, 0.4) is 0 Å². The number of carbonyl (C=O) groups excluding carboxylic acids is 1. The van der Waals surface area contributed by atoms with Gasteiger partial charge in [-0.05, 0) is 31.5 Å². The lowest BCUT2D eigenvalue weighted by molar-refractivity contribution is 0.150. The number of halogens is 1. The summed E-state index contributed by atoms with van der Waals surface area (Å²) in [6, 6.07) is 4.73. The average Bonchev–Trinajstić information content (AvgIpc) is 2.77. The highest BCUT2D eigenvalue weighted by Crippen LogP contribution is 2.23. The normalized spacial score (nSPS) is 16.9.